The van der Waals surface area contributed by atoms with Crippen LogP contribution in [0.1, 0.15) is 22.7 Å². The monoisotopic (exact) mass is 491 g/mol. The van der Waals surface area contributed by atoms with Crippen LogP contribution < -0.4 is 10.2 Å². The second kappa shape index (κ2) is 8.76. The highest BCUT2D eigenvalue weighted by atomic mass is 35.5. The van der Waals surface area contributed by atoms with Crippen molar-refractivity contribution in [3.8, 4) is 5.75 Å². The molecule has 0 aliphatic carbocycles. The van der Waals surface area contributed by atoms with Gasteiger partial charge in [0.1, 0.15) is 10.9 Å². The van der Waals surface area contributed by atoms with Crippen molar-refractivity contribution < 1.29 is 13.2 Å². The van der Waals surface area contributed by atoms with Crippen LogP contribution in [0.2, 0.25) is 5.15 Å². The summed E-state index contributed by atoms with van der Waals surface area (Å²) < 4.78 is 33.8. The van der Waals surface area contributed by atoms with E-state index >= 15 is 0 Å². The number of hydrogen-bond donors (Lipinski definition) is 1. The van der Waals surface area contributed by atoms with Gasteiger partial charge >= 0.3 is 0 Å². The summed E-state index contributed by atoms with van der Waals surface area (Å²) in [6.07, 6.45) is 1.85. The van der Waals surface area contributed by atoms with Gasteiger partial charge in [-0.15, -0.1) is 4.41 Å². The SMILES string of the molecule is COc1ccc(C2=C[C@H](c3cc4ccc(C)cc4nc3Cl)N(S(=O)(=O)c3ccccc3)N2)cc1. The van der Waals surface area contributed by atoms with E-state index in [1.165, 1.54) is 4.41 Å². The predicted octanol–water partition coefficient (Wildman–Crippen LogP) is 5.50. The third kappa shape index (κ3) is 4.03. The number of pyridine rings is 1. The molecule has 5 rings (SSSR count). The molecule has 34 heavy (non-hydrogen) atoms. The quantitative estimate of drug-likeness (QED) is 0.373. The maximum atomic E-state index is 13.7. The Morgan fingerprint density at radius 2 is 1.74 bits per heavy atom. The number of nitrogens with one attached hydrogen (secondary N) is 1. The molecular weight excluding hydrogens is 470 g/mol. The molecule has 0 amide bonds. The van der Waals surface area contributed by atoms with Gasteiger partial charge in [-0.2, -0.15) is 0 Å². The summed E-state index contributed by atoms with van der Waals surface area (Å²) >= 11 is 6.62. The molecule has 0 spiro atoms. The van der Waals surface area contributed by atoms with Gasteiger partial charge < -0.3 is 10.2 Å². The molecule has 1 aliphatic heterocycles. The van der Waals surface area contributed by atoms with Gasteiger partial charge in [-0.1, -0.05) is 41.9 Å². The lowest BCUT2D eigenvalue weighted by atomic mass is 10.0. The second-order valence-corrected chi connectivity index (χ2v) is 10.2. The fourth-order valence-electron chi connectivity index (χ4n) is 3.99. The van der Waals surface area contributed by atoms with E-state index in [9.17, 15) is 8.42 Å². The summed E-state index contributed by atoms with van der Waals surface area (Å²) in [4.78, 5) is 4.74. The molecule has 8 heteroatoms. The van der Waals surface area contributed by atoms with Crippen molar-refractivity contribution in [1.29, 1.82) is 0 Å². The predicted molar refractivity (Wildman–Crippen MR) is 134 cm³/mol. The summed E-state index contributed by atoms with van der Waals surface area (Å²) in [5, 5.41) is 1.14. The Labute approximate surface area is 203 Å². The Balaban J connectivity index is 1.65. The number of hydrogen-bond acceptors (Lipinski definition) is 5. The van der Waals surface area contributed by atoms with Gasteiger partial charge in [0, 0.05) is 10.9 Å². The lowest BCUT2D eigenvalue weighted by Crippen LogP contribution is -2.39. The Morgan fingerprint density at radius 1 is 1.00 bits per heavy atom. The zero-order valence-electron chi connectivity index (χ0n) is 18.6. The van der Waals surface area contributed by atoms with Crippen LogP contribution in [0.5, 0.6) is 5.75 Å². The average Bonchev–Trinajstić information content (AvgIpc) is 3.30. The van der Waals surface area contributed by atoms with E-state index in [0.29, 0.717) is 17.0 Å². The maximum Gasteiger partial charge on any atom is 0.260 e. The van der Waals surface area contributed by atoms with Crippen LogP contribution >= 0.6 is 11.6 Å². The number of methoxy groups -OCH3 is 1. The number of sulfonamides is 1. The van der Waals surface area contributed by atoms with Crippen LogP contribution in [0.4, 0.5) is 0 Å². The zero-order valence-corrected chi connectivity index (χ0v) is 20.1. The smallest absolute Gasteiger partial charge is 0.260 e. The number of aromatic nitrogens is 1. The van der Waals surface area contributed by atoms with Gasteiger partial charge in [-0.25, -0.2) is 13.4 Å². The first-order chi connectivity index (χ1) is 16.4. The lowest BCUT2D eigenvalue weighted by Gasteiger charge is -2.25. The summed E-state index contributed by atoms with van der Waals surface area (Å²) in [5.74, 6) is 0.713. The summed E-state index contributed by atoms with van der Waals surface area (Å²) in [6, 6.07) is 22.8. The highest BCUT2D eigenvalue weighted by Gasteiger charge is 2.38. The normalized spacial score (nSPS) is 16.3. The molecule has 0 saturated heterocycles. The van der Waals surface area contributed by atoms with Crippen molar-refractivity contribution in [3.63, 3.8) is 0 Å². The minimum Gasteiger partial charge on any atom is -0.497 e. The summed E-state index contributed by atoms with van der Waals surface area (Å²) in [5.41, 5.74) is 6.98. The highest BCUT2D eigenvalue weighted by Crippen LogP contribution is 2.39. The van der Waals surface area contributed by atoms with Gasteiger partial charge in [0.2, 0.25) is 0 Å². The molecule has 0 fully saturated rings. The van der Waals surface area contributed by atoms with E-state index in [-0.39, 0.29) is 10.0 Å². The van der Waals surface area contributed by atoms with Crippen molar-refractivity contribution in [2.45, 2.75) is 17.9 Å². The van der Waals surface area contributed by atoms with E-state index in [0.717, 1.165) is 22.0 Å². The van der Waals surface area contributed by atoms with Gasteiger partial charge in [0.15, 0.2) is 0 Å². The van der Waals surface area contributed by atoms with Crippen LogP contribution in [-0.4, -0.2) is 24.9 Å². The summed E-state index contributed by atoms with van der Waals surface area (Å²) in [7, 11) is -2.31. The number of aryl methyl sites for hydroxylation is 1. The first kappa shape index (κ1) is 22.4. The molecule has 6 nitrogen and oxygen atoms in total. The number of rotatable bonds is 5. The molecule has 1 N–H and O–H groups in total. The van der Waals surface area contributed by atoms with E-state index in [4.69, 9.17) is 16.3 Å². The topological polar surface area (TPSA) is 71.5 Å². The molecule has 172 valence electrons. The molecule has 0 radical (unpaired) electrons. The lowest BCUT2D eigenvalue weighted by molar-refractivity contribution is 0.348. The summed E-state index contributed by atoms with van der Waals surface area (Å²) in [6.45, 7) is 1.99. The number of nitrogens with zero attached hydrogens (tertiary/aromatic N) is 2. The third-order valence-corrected chi connectivity index (χ3v) is 7.79. The second-order valence-electron chi connectivity index (χ2n) is 8.04. The van der Waals surface area contributed by atoms with Crippen molar-refractivity contribution in [1.82, 2.24) is 14.8 Å². The van der Waals surface area contributed by atoms with E-state index in [2.05, 4.69) is 10.4 Å². The molecule has 3 aromatic carbocycles. The Bertz CT molecular complexity index is 1500. The zero-order chi connectivity index (χ0) is 23.9. The van der Waals surface area contributed by atoms with Crippen LogP contribution in [0.15, 0.2) is 89.8 Å². The fourth-order valence-corrected chi connectivity index (χ4v) is 5.67. The molecule has 2 heterocycles. The fraction of sp³-hybridized carbons (Fsp3) is 0.115. The number of hydrazine groups is 1. The van der Waals surface area contributed by atoms with Gasteiger partial charge in [-0.05, 0) is 72.7 Å². The molecule has 1 atom stereocenters. The molecule has 4 aromatic rings. The van der Waals surface area contributed by atoms with Crippen LogP contribution in [0.3, 0.4) is 0 Å². The van der Waals surface area contributed by atoms with Crippen LogP contribution in [-0.2, 0) is 10.0 Å². The van der Waals surface area contributed by atoms with Gasteiger partial charge in [0.05, 0.1) is 29.3 Å². The maximum absolute atomic E-state index is 13.7. The molecular formula is C26H22ClN3O3S. The Morgan fingerprint density at radius 3 is 2.44 bits per heavy atom. The number of benzene rings is 3. The van der Waals surface area contributed by atoms with Crippen molar-refractivity contribution in [2.75, 3.05) is 7.11 Å². The molecule has 1 aromatic heterocycles. The minimum atomic E-state index is -3.91. The van der Waals surface area contributed by atoms with E-state index < -0.39 is 16.1 Å². The number of halogens is 1. The first-order valence-electron chi connectivity index (χ1n) is 10.7. The first-order valence-corrected chi connectivity index (χ1v) is 12.5. The third-order valence-electron chi connectivity index (χ3n) is 5.78. The van der Waals surface area contributed by atoms with E-state index in [1.807, 2.05) is 61.5 Å². The Kier molecular flexibility index (Phi) is 5.77. The highest BCUT2D eigenvalue weighted by molar-refractivity contribution is 7.89. The van der Waals surface area contributed by atoms with Gasteiger partial charge in [-0.3, -0.25) is 0 Å². The van der Waals surface area contributed by atoms with Crippen LogP contribution in [0, 0.1) is 6.92 Å². The molecule has 0 unspecified atom stereocenters. The largest absolute Gasteiger partial charge is 0.497 e. The van der Waals surface area contributed by atoms with Crippen molar-refractivity contribution in [2.24, 2.45) is 0 Å². The minimum absolute atomic E-state index is 0.178. The van der Waals surface area contributed by atoms with Crippen LogP contribution in [0.25, 0.3) is 16.6 Å². The molecule has 0 bridgehead atoms. The standard InChI is InChI=1S/C26H22ClN3O3S/c1-17-8-9-19-15-22(26(27)28-23(19)14-17)25-16-24(18-10-12-20(33-2)13-11-18)29-30(25)34(31,32)21-6-4-3-5-7-21/h3-16,25,29H,1-2H3/t25-/m1/s1. The van der Waals surface area contributed by atoms with E-state index in [1.54, 1.807) is 37.4 Å². The number of fused-ring (bicyclic) bond motifs is 1. The molecule has 0 saturated carbocycles. The average molecular weight is 492 g/mol. The van der Waals surface area contributed by atoms with Crippen molar-refractivity contribution in [3.05, 3.63) is 107 Å². The molecule has 1 aliphatic rings. The Hall–Kier alpha value is -3.39. The van der Waals surface area contributed by atoms with Crippen molar-refractivity contribution >= 4 is 38.2 Å². The number of ether oxygens (including phenoxy) is 1. The van der Waals surface area contributed by atoms with Gasteiger partial charge in [0.25, 0.3) is 10.0 Å².